The van der Waals surface area contributed by atoms with E-state index >= 15 is 0 Å². The minimum absolute atomic E-state index is 0.0392. The first-order valence-electron chi connectivity index (χ1n) is 9.89. The highest BCUT2D eigenvalue weighted by molar-refractivity contribution is 6.33. The number of carbonyl (C=O) groups is 1. The minimum Gasteiger partial charge on any atom is -0.389 e. The normalized spacial score (nSPS) is 11.8. The summed E-state index contributed by atoms with van der Waals surface area (Å²) in [6, 6.07) is 14.1. The maximum Gasteiger partial charge on any atom is 0.352 e. The molecule has 1 amide bonds. The molecule has 0 radical (unpaired) electrons. The van der Waals surface area contributed by atoms with Gasteiger partial charge in [-0.2, -0.15) is 9.78 Å². The van der Waals surface area contributed by atoms with Crippen molar-refractivity contribution in [3.05, 3.63) is 91.7 Å². The van der Waals surface area contributed by atoms with Crippen molar-refractivity contribution in [1.29, 1.82) is 0 Å². The van der Waals surface area contributed by atoms with Gasteiger partial charge < -0.3 is 15.2 Å². The van der Waals surface area contributed by atoms with Crippen LogP contribution >= 0.6 is 11.6 Å². The van der Waals surface area contributed by atoms with Crippen LogP contribution in [0.25, 0.3) is 5.69 Å². The van der Waals surface area contributed by atoms with Gasteiger partial charge in [0.1, 0.15) is 6.20 Å². The second-order valence-corrected chi connectivity index (χ2v) is 7.46. The summed E-state index contributed by atoms with van der Waals surface area (Å²) in [7, 11) is 1.40. The first-order valence-corrected chi connectivity index (χ1v) is 10.3. The van der Waals surface area contributed by atoms with Gasteiger partial charge >= 0.3 is 5.69 Å². The Balaban J connectivity index is 1.82. The molecule has 1 atom stereocenters. The van der Waals surface area contributed by atoms with Crippen molar-refractivity contribution < 1.29 is 14.6 Å². The lowest BCUT2D eigenvalue weighted by atomic mass is 10.1. The first kappa shape index (κ1) is 23.4. The Kier molecular flexibility index (Phi) is 7.93. The van der Waals surface area contributed by atoms with Crippen molar-refractivity contribution in [3.63, 3.8) is 0 Å². The predicted octanol–water partition coefficient (Wildman–Crippen LogP) is 1.03. The number of hydrogen-bond acceptors (Lipinski definition) is 6. The summed E-state index contributed by atoms with van der Waals surface area (Å²) in [5.41, 5.74) is 0.0895. The summed E-state index contributed by atoms with van der Waals surface area (Å²) in [4.78, 5) is 37.5. The molecule has 0 bridgehead atoms. The van der Waals surface area contributed by atoms with Gasteiger partial charge in [-0.15, -0.1) is 0 Å². The van der Waals surface area contributed by atoms with Crippen molar-refractivity contribution >= 4 is 17.5 Å². The molecule has 0 saturated carbocycles. The summed E-state index contributed by atoms with van der Waals surface area (Å²) in [5, 5.41) is 16.8. The quantitative estimate of drug-likeness (QED) is 0.495. The lowest BCUT2D eigenvalue weighted by Gasteiger charge is -2.13. The molecule has 0 aliphatic heterocycles. The third-order valence-electron chi connectivity index (χ3n) is 4.70. The number of aliphatic hydroxyl groups is 1. The number of nitrogens with zero attached hydrogens (tertiary/aromatic N) is 3. The Morgan fingerprint density at radius 3 is 2.69 bits per heavy atom. The van der Waals surface area contributed by atoms with Crippen LogP contribution in [-0.4, -0.2) is 51.7 Å². The Labute approximate surface area is 188 Å². The number of ether oxygens (including phenoxy) is 1. The molecule has 0 fully saturated rings. The average molecular weight is 459 g/mol. The van der Waals surface area contributed by atoms with Gasteiger partial charge in [0.05, 0.1) is 35.5 Å². The average Bonchev–Trinajstić information content (AvgIpc) is 2.78. The van der Waals surface area contributed by atoms with Crippen molar-refractivity contribution in [1.82, 2.24) is 19.7 Å². The van der Waals surface area contributed by atoms with E-state index in [9.17, 15) is 19.5 Å². The number of halogens is 1. The molecule has 10 heteroatoms. The summed E-state index contributed by atoms with van der Waals surface area (Å²) >= 11 is 6.20. The molecule has 2 aromatic carbocycles. The van der Waals surface area contributed by atoms with Crippen molar-refractivity contribution in [2.45, 2.75) is 19.1 Å². The standard InChI is InChI=1S/C22H23ClN4O5/c1-32-14-17(28)13-26-20(29)12-25-27(22(26)31)16-7-8-19(23)18(11-16)21(30)24-10-9-15-5-3-2-4-6-15/h2-8,11-12,17,28H,9-10,13-14H2,1H3,(H,24,30). The molecule has 0 spiro atoms. The Morgan fingerprint density at radius 2 is 1.97 bits per heavy atom. The van der Waals surface area contributed by atoms with E-state index in [0.29, 0.717) is 13.0 Å². The van der Waals surface area contributed by atoms with Crippen LogP contribution in [0.15, 0.2) is 64.3 Å². The lowest BCUT2D eigenvalue weighted by molar-refractivity contribution is 0.0519. The molecule has 1 heterocycles. The van der Waals surface area contributed by atoms with E-state index in [4.69, 9.17) is 16.3 Å². The van der Waals surface area contributed by atoms with Crippen molar-refractivity contribution in [2.24, 2.45) is 0 Å². The van der Waals surface area contributed by atoms with Crippen LogP contribution in [0.5, 0.6) is 0 Å². The summed E-state index contributed by atoms with van der Waals surface area (Å²) in [5.74, 6) is -0.398. The highest BCUT2D eigenvalue weighted by atomic mass is 35.5. The molecule has 3 rings (SSSR count). The van der Waals surface area contributed by atoms with E-state index < -0.39 is 23.3 Å². The van der Waals surface area contributed by atoms with Crippen LogP contribution < -0.4 is 16.6 Å². The first-order chi connectivity index (χ1) is 15.4. The molecule has 1 unspecified atom stereocenters. The van der Waals surface area contributed by atoms with E-state index in [0.717, 1.165) is 21.0 Å². The smallest absolute Gasteiger partial charge is 0.352 e. The number of amides is 1. The summed E-state index contributed by atoms with van der Waals surface area (Å²) < 4.78 is 6.66. The van der Waals surface area contributed by atoms with Gasteiger partial charge in [0.25, 0.3) is 11.5 Å². The molecule has 0 aliphatic rings. The van der Waals surface area contributed by atoms with E-state index in [1.807, 2.05) is 30.3 Å². The maximum absolute atomic E-state index is 12.8. The van der Waals surface area contributed by atoms with Crippen LogP contribution in [0.2, 0.25) is 5.02 Å². The molecule has 2 N–H and O–H groups in total. The number of benzene rings is 2. The fourth-order valence-corrected chi connectivity index (χ4v) is 3.32. The summed E-state index contributed by atoms with van der Waals surface area (Å²) in [6.45, 7) is 0.112. The number of nitrogens with one attached hydrogen (secondary N) is 1. The Morgan fingerprint density at radius 1 is 1.22 bits per heavy atom. The van der Waals surface area contributed by atoms with Crippen molar-refractivity contribution in [2.75, 3.05) is 20.3 Å². The number of methoxy groups -OCH3 is 1. The van der Waals surface area contributed by atoms with Crippen LogP contribution in [0.3, 0.4) is 0 Å². The maximum atomic E-state index is 12.8. The monoisotopic (exact) mass is 458 g/mol. The number of hydrogen-bond donors (Lipinski definition) is 2. The van der Waals surface area contributed by atoms with Crippen molar-refractivity contribution in [3.8, 4) is 5.69 Å². The molecular weight excluding hydrogens is 436 g/mol. The zero-order chi connectivity index (χ0) is 23.1. The van der Waals surface area contributed by atoms with Crippen LogP contribution in [0.1, 0.15) is 15.9 Å². The molecule has 3 aromatic rings. The molecule has 1 aromatic heterocycles. The molecule has 168 valence electrons. The fraction of sp³-hybridized carbons (Fsp3) is 0.273. The fourth-order valence-electron chi connectivity index (χ4n) is 3.12. The van der Waals surface area contributed by atoms with Gasteiger partial charge in [0, 0.05) is 13.7 Å². The zero-order valence-corrected chi connectivity index (χ0v) is 18.2. The van der Waals surface area contributed by atoms with Gasteiger partial charge in [0.2, 0.25) is 0 Å². The molecule has 0 saturated heterocycles. The minimum atomic E-state index is -1.04. The highest BCUT2D eigenvalue weighted by Crippen LogP contribution is 2.19. The second kappa shape index (κ2) is 10.9. The van der Waals surface area contributed by atoms with E-state index in [1.165, 1.54) is 25.3 Å². The number of aliphatic hydroxyl groups excluding tert-OH is 1. The van der Waals surface area contributed by atoms with Crippen LogP contribution in [-0.2, 0) is 17.7 Å². The van der Waals surface area contributed by atoms with Crippen LogP contribution in [0.4, 0.5) is 0 Å². The molecule has 9 nitrogen and oxygen atoms in total. The van der Waals surface area contributed by atoms with Gasteiger partial charge in [-0.25, -0.2) is 4.79 Å². The Bertz CT molecular complexity index is 1190. The number of carbonyl (C=O) groups excluding carboxylic acids is 1. The van der Waals surface area contributed by atoms with Gasteiger partial charge in [-0.05, 0) is 30.2 Å². The largest absolute Gasteiger partial charge is 0.389 e. The third-order valence-corrected chi connectivity index (χ3v) is 5.02. The second-order valence-electron chi connectivity index (χ2n) is 7.05. The highest BCUT2D eigenvalue weighted by Gasteiger charge is 2.16. The van der Waals surface area contributed by atoms with Crippen LogP contribution in [0, 0.1) is 0 Å². The molecule has 32 heavy (non-hydrogen) atoms. The van der Waals surface area contributed by atoms with E-state index in [-0.39, 0.29) is 29.4 Å². The zero-order valence-electron chi connectivity index (χ0n) is 17.4. The van der Waals surface area contributed by atoms with E-state index in [2.05, 4.69) is 10.4 Å². The third kappa shape index (κ3) is 5.70. The van der Waals surface area contributed by atoms with E-state index in [1.54, 1.807) is 0 Å². The topological polar surface area (TPSA) is 115 Å². The number of rotatable bonds is 9. The van der Waals surface area contributed by atoms with Gasteiger partial charge in [0.15, 0.2) is 0 Å². The Hall–Kier alpha value is -3.27. The van der Waals surface area contributed by atoms with Gasteiger partial charge in [-0.3, -0.25) is 14.2 Å². The predicted molar refractivity (Wildman–Crippen MR) is 119 cm³/mol. The molecule has 0 aliphatic carbocycles. The van der Waals surface area contributed by atoms with Gasteiger partial charge in [-0.1, -0.05) is 41.9 Å². The molecular formula is C22H23ClN4O5. The number of aromatic nitrogens is 3. The lowest BCUT2D eigenvalue weighted by Crippen LogP contribution is -2.43. The summed E-state index contributed by atoms with van der Waals surface area (Å²) in [6.07, 6.45) is 0.576. The SMILES string of the molecule is COCC(O)Cn1c(=O)cnn(-c2ccc(Cl)c(C(=O)NCCc3ccccc3)c2)c1=O.